The zero-order valence-electron chi connectivity index (χ0n) is 39.0. The molecule has 0 atom stereocenters. The summed E-state index contributed by atoms with van der Waals surface area (Å²) in [4.78, 5) is 0. The maximum absolute atomic E-state index is 2.35. The smallest absolute Gasteiger partial charge is 0.0479 e. The lowest BCUT2D eigenvalue weighted by Crippen LogP contribution is -2.39. The molecule has 0 amide bonds. The third-order valence-corrected chi connectivity index (χ3v) is 9.91. The molecule has 0 N–H and O–H groups in total. The van der Waals surface area contributed by atoms with Gasteiger partial charge in [-0.15, -0.1) is 0 Å². The Kier molecular flexibility index (Phi) is 27.1. The highest BCUT2D eigenvalue weighted by molar-refractivity contribution is 5.60. The second-order valence-electron chi connectivity index (χ2n) is 12.9. The quantitative estimate of drug-likeness (QED) is 0.148. The van der Waals surface area contributed by atoms with Crippen molar-refractivity contribution in [2.24, 2.45) is 11.8 Å². The standard InChI is InChI=1S/C23H22.C22H22.6C2H6/c1-17(2)23(20-12-4-3-5-13-20)21-14-8-6-10-18(21)16-19-11-7-9-15-22(19)23;1-18(2)22(19-12-6-3-7-13-19,20-14-8-4-9-15-20)21-16-10-5-11-17-21;6*1-2/h3-15,17H,16H2,1-2H3;3-18H,1-2H3;6*1-2H3. The average Bonchev–Trinajstić information content (AvgIpc) is 3.31. The van der Waals surface area contributed by atoms with E-state index in [1.54, 1.807) is 0 Å². The van der Waals surface area contributed by atoms with Crippen LogP contribution in [0, 0.1) is 11.8 Å². The van der Waals surface area contributed by atoms with Gasteiger partial charge in [-0.1, -0.05) is 281 Å². The van der Waals surface area contributed by atoms with E-state index in [-0.39, 0.29) is 10.8 Å². The first-order valence-corrected chi connectivity index (χ1v) is 22.4. The minimum Gasteiger partial charge on any atom is -0.0683 e. The monoisotopic (exact) mass is 765 g/mol. The van der Waals surface area contributed by atoms with Gasteiger partial charge in [0, 0.05) is 10.8 Å². The number of rotatable bonds is 6. The van der Waals surface area contributed by atoms with E-state index in [0.717, 1.165) is 6.42 Å². The van der Waals surface area contributed by atoms with E-state index in [0.29, 0.717) is 11.8 Å². The lowest BCUT2D eigenvalue weighted by atomic mass is 9.58. The fraction of sp³-hybridized carbons (Fsp3) is 0.368. The van der Waals surface area contributed by atoms with Gasteiger partial charge >= 0.3 is 0 Å². The van der Waals surface area contributed by atoms with Crippen molar-refractivity contribution in [1.29, 1.82) is 0 Å². The van der Waals surface area contributed by atoms with Crippen molar-refractivity contribution in [1.82, 2.24) is 0 Å². The highest BCUT2D eigenvalue weighted by Gasteiger charge is 2.44. The predicted octanol–water partition coefficient (Wildman–Crippen LogP) is 17.4. The molecule has 0 nitrogen and oxygen atoms in total. The molecule has 308 valence electrons. The summed E-state index contributed by atoms with van der Waals surface area (Å²) in [5.74, 6) is 0.923. The maximum Gasteiger partial charge on any atom is 0.0479 e. The van der Waals surface area contributed by atoms with Crippen LogP contribution in [0.15, 0.2) is 170 Å². The molecule has 0 fully saturated rings. The Morgan fingerprint density at radius 2 is 0.614 bits per heavy atom. The van der Waals surface area contributed by atoms with Crippen LogP contribution in [0.25, 0.3) is 0 Å². The summed E-state index contributed by atoms with van der Waals surface area (Å²) in [6, 6.07) is 61.6. The topological polar surface area (TPSA) is 0 Å². The largest absolute Gasteiger partial charge is 0.0683 e. The van der Waals surface area contributed by atoms with E-state index < -0.39 is 0 Å². The molecule has 0 radical (unpaired) electrons. The molecule has 0 aromatic heterocycles. The zero-order valence-corrected chi connectivity index (χ0v) is 39.0. The van der Waals surface area contributed by atoms with Gasteiger partial charge in [0.15, 0.2) is 0 Å². The van der Waals surface area contributed by atoms with Crippen molar-refractivity contribution in [3.05, 3.63) is 214 Å². The SMILES string of the molecule is CC.CC.CC.CC.CC.CC.CC(C)C(c1ccccc1)(c1ccccc1)c1ccccc1.CC(C)C1(c2ccccc2)c2ccccc2Cc2ccccc21. The van der Waals surface area contributed by atoms with Gasteiger partial charge in [0.05, 0.1) is 0 Å². The van der Waals surface area contributed by atoms with Gasteiger partial charge in [0.25, 0.3) is 0 Å². The molecular weight excluding hydrogens is 685 g/mol. The van der Waals surface area contributed by atoms with Crippen molar-refractivity contribution in [3.63, 3.8) is 0 Å². The summed E-state index contributed by atoms with van der Waals surface area (Å²) in [5, 5.41) is 0. The van der Waals surface area contributed by atoms with Crippen molar-refractivity contribution < 1.29 is 0 Å². The van der Waals surface area contributed by atoms with E-state index in [1.807, 2.05) is 83.1 Å². The molecule has 1 aliphatic rings. The number of benzene rings is 6. The van der Waals surface area contributed by atoms with Crippen molar-refractivity contribution in [2.75, 3.05) is 0 Å². The molecule has 0 saturated heterocycles. The van der Waals surface area contributed by atoms with Crippen LogP contribution in [-0.4, -0.2) is 0 Å². The minimum absolute atomic E-state index is 0.0628. The molecule has 0 unspecified atom stereocenters. The Morgan fingerprint density at radius 1 is 0.351 bits per heavy atom. The lowest BCUT2D eigenvalue weighted by molar-refractivity contribution is 0.426. The van der Waals surface area contributed by atoms with Crippen molar-refractivity contribution in [2.45, 2.75) is 128 Å². The molecule has 6 aromatic rings. The Hall–Kier alpha value is -4.68. The van der Waals surface area contributed by atoms with E-state index in [2.05, 4.69) is 198 Å². The Labute approximate surface area is 352 Å². The Morgan fingerprint density at radius 3 is 0.895 bits per heavy atom. The van der Waals surface area contributed by atoms with Gasteiger partial charge in [-0.25, -0.2) is 0 Å². The van der Waals surface area contributed by atoms with E-state index >= 15 is 0 Å². The summed E-state index contributed by atoms with van der Waals surface area (Å²) in [7, 11) is 0. The number of fused-ring (bicyclic) bond motifs is 2. The molecule has 6 aromatic carbocycles. The van der Waals surface area contributed by atoms with Gasteiger partial charge in [0.1, 0.15) is 0 Å². The molecule has 0 spiro atoms. The summed E-state index contributed by atoms with van der Waals surface area (Å²) in [5.41, 5.74) is 11.1. The van der Waals surface area contributed by atoms with Crippen LogP contribution >= 0.6 is 0 Å². The van der Waals surface area contributed by atoms with Crippen molar-refractivity contribution in [3.8, 4) is 0 Å². The van der Waals surface area contributed by atoms with Crippen LogP contribution < -0.4 is 0 Å². The van der Waals surface area contributed by atoms with Crippen LogP contribution in [0.3, 0.4) is 0 Å². The van der Waals surface area contributed by atoms with Crippen LogP contribution in [0.4, 0.5) is 0 Å². The lowest BCUT2D eigenvalue weighted by Gasteiger charge is -2.45. The van der Waals surface area contributed by atoms with Gasteiger partial charge in [0.2, 0.25) is 0 Å². The first kappa shape index (κ1) is 52.3. The molecule has 0 bridgehead atoms. The molecule has 0 saturated carbocycles. The van der Waals surface area contributed by atoms with E-state index in [1.165, 1.54) is 44.5 Å². The van der Waals surface area contributed by atoms with Gasteiger partial charge in [-0.2, -0.15) is 0 Å². The number of hydrogen-bond acceptors (Lipinski definition) is 0. The third-order valence-electron chi connectivity index (χ3n) is 9.91. The fourth-order valence-electron chi connectivity index (χ4n) is 8.04. The molecule has 57 heavy (non-hydrogen) atoms. The minimum atomic E-state index is -0.121. The molecule has 0 heterocycles. The fourth-order valence-corrected chi connectivity index (χ4v) is 8.04. The van der Waals surface area contributed by atoms with Crippen molar-refractivity contribution >= 4 is 0 Å². The second-order valence-corrected chi connectivity index (χ2v) is 12.9. The summed E-state index contributed by atoms with van der Waals surface area (Å²) < 4.78 is 0. The van der Waals surface area contributed by atoms with Crippen LogP contribution in [0.5, 0.6) is 0 Å². The summed E-state index contributed by atoms with van der Waals surface area (Å²) >= 11 is 0. The Bertz CT molecular complexity index is 1660. The van der Waals surface area contributed by atoms with Gasteiger partial charge in [-0.05, 0) is 62.8 Å². The van der Waals surface area contributed by atoms with Gasteiger partial charge in [-0.3, -0.25) is 0 Å². The molecular formula is C57H80. The summed E-state index contributed by atoms with van der Waals surface area (Å²) in [6.07, 6.45) is 1.04. The normalized spacial score (nSPS) is 11.2. The average molecular weight is 765 g/mol. The highest BCUT2D eigenvalue weighted by Crippen LogP contribution is 2.51. The number of hydrogen-bond donors (Lipinski definition) is 0. The first-order chi connectivity index (χ1) is 28.0. The first-order valence-electron chi connectivity index (χ1n) is 22.4. The molecule has 0 aliphatic heterocycles. The van der Waals surface area contributed by atoms with E-state index in [9.17, 15) is 0 Å². The molecule has 0 heteroatoms. The zero-order chi connectivity index (χ0) is 43.3. The Balaban J connectivity index is 0.000000873. The van der Waals surface area contributed by atoms with Crippen LogP contribution in [0.1, 0.15) is 155 Å². The molecule has 1 aliphatic carbocycles. The molecule has 7 rings (SSSR count). The highest BCUT2D eigenvalue weighted by atomic mass is 14.5. The summed E-state index contributed by atoms with van der Waals surface area (Å²) in [6.45, 7) is 33.3. The second kappa shape index (κ2) is 29.5. The van der Waals surface area contributed by atoms with Crippen LogP contribution in [-0.2, 0) is 17.3 Å². The maximum atomic E-state index is 2.35. The van der Waals surface area contributed by atoms with Crippen LogP contribution in [0.2, 0.25) is 0 Å². The predicted molar refractivity (Wildman–Crippen MR) is 259 cm³/mol. The third kappa shape index (κ3) is 12.2. The van der Waals surface area contributed by atoms with Gasteiger partial charge < -0.3 is 0 Å². The van der Waals surface area contributed by atoms with E-state index in [4.69, 9.17) is 0 Å².